The minimum absolute atomic E-state index is 0.0937. The Bertz CT molecular complexity index is 370. The van der Waals surface area contributed by atoms with Gasteiger partial charge in [-0.1, -0.05) is 37.4 Å². The molecule has 1 N–H and O–H groups in total. The molecule has 0 saturated heterocycles. The number of amides is 1. The SMILES string of the molecule is CCCCC/C=C/C(=O)Nc1ccc(Cl)cc1. The second kappa shape index (κ2) is 7.91. The molecule has 17 heavy (non-hydrogen) atoms. The number of carbonyl (C=O) groups is 1. The van der Waals surface area contributed by atoms with Crippen LogP contribution in [0.25, 0.3) is 0 Å². The van der Waals surface area contributed by atoms with Crippen LogP contribution in [-0.4, -0.2) is 5.91 Å². The van der Waals surface area contributed by atoms with Crippen LogP contribution in [0.3, 0.4) is 0 Å². The van der Waals surface area contributed by atoms with E-state index in [9.17, 15) is 4.79 Å². The Balaban J connectivity index is 2.31. The largest absolute Gasteiger partial charge is 0.323 e. The van der Waals surface area contributed by atoms with Crippen LogP contribution in [0.15, 0.2) is 36.4 Å². The number of hydrogen-bond donors (Lipinski definition) is 1. The zero-order valence-corrected chi connectivity index (χ0v) is 10.8. The first kappa shape index (κ1) is 13.8. The van der Waals surface area contributed by atoms with Crippen LogP contribution < -0.4 is 5.32 Å². The lowest BCUT2D eigenvalue weighted by atomic mass is 10.2. The van der Waals surface area contributed by atoms with Gasteiger partial charge in [0, 0.05) is 10.7 Å². The van der Waals surface area contributed by atoms with Gasteiger partial charge in [0.1, 0.15) is 0 Å². The fourth-order valence-electron chi connectivity index (χ4n) is 1.42. The molecule has 0 radical (unpaired) electrons. The van der Waals surface area contributed by atoms with Crippen molar-refractivity contribution in [2.45, 2.75) is 32.6 Å². The summed E-state index contributed by atoms with van der Waals surface area (Å²) in [6.07, 6.45) is 8.02. The van der Waals surface area contributed by atoms with Crippen molar-refractivity contribution in [3.8, 4) is 0 Å². The smallest absolute Gasteiger partial charge is 0.248 e. The molecular formula is C14H18ClNO. The van der Waals surface area contributed by atoms with E-state index >= 15 is 0 Å². The predicted molar refractivity (Wildman–Crippen MR) is 73.4 cm³/mol. The average molecular weight is 252 g/mol. The minimum atomic E-state index is -0.0937. The van der Waals surface area contributed by atoms with Crippen LogP contribution in [0, 0.1) is 0 Å². The lowest BCUT2D eigenvalue weighted by Gasteiger charge is -2.01. The highest BCUT2D eigenvalue weighted by atomic mass is 35.5. The van der Waals surface area contributed by atoms with Gasteiger partial charge < -0.3 is 5.32 Å². The summed E-state index contributed by atoms with van der Waals surface area (Å²) in [6.45, 7) is 2.16. The monoisotopic (exact) mass is 251 g/mol. The summed E-state index contributed by atoms with van der Waals surface area (Å²) in [7, 11) is 0. The highest BCUT2D eigenvalue weighted by molar-refractivity contribution is 6.30. The normalized spacial score (nSPS) is 10.7. The third-order valence-electron chi connectivity index (χ3n) is 2.36. The molecule has 0 bridgehead atoms. The molecule has 0 aliphatic rings. The quantitative estimate of drug-likeness (QED) is 0.589. The van der Waals surface area contributed by atoms with Gasteiger partial charge in [0.15, 0.2) is 0 Å². The molecule has 0 spiro atoms. The molecule has 3 heteroatoms. The van der Waals surface area contributed by atoms with Gasteiger partial charge in [-0.3, -0.25) is 4.79 Å². The van der Waals surface area contributed by atoms with Crippen molar-refractivity contribution in [2.75, 3.05) is 5.32 Å². The molecule has 1 aromatic carbocycles. The Morgan fingerprint density at radius 2 is 2.00 bits per heavy atom. The van der Waals surface area contributed by atoms with Crippen molar-refractivity contribution in [1.29, 1.82) is 0 Å². The van der Waals surface area contributed by atoms with E-state index in [-0.39, 0.29) is 5.91 Å². The van der Waals surface area contributed by atoms with E-state index < -0.39 is 0 Å². The van der Waals surface area contributed by atoms with Gasteiger partial charge in [0.05, 0.1) is 0 Å². The van der Waals surface area contributed by atoms with Crippen LogP contribution in [0.2, 0.25) is 5.02 Å². The molecule has 92 valence electrons. The number of anilines is 1. The van der Waals surface area contributed by atoms with Gasteiger partial charge in [-0.05, 0) is 43.2 Å². The maximum Gasteiger partial charge on any atom is 0.248 e. The molecule has 0 aliphatic heterocycles. The number of nitrogens with one attached hydrogen (secondary N) is 1. The molecule has 2 nitrogen and oxygen atoms in total. The Hall–Kier alpha value is -1.28. The Kier molecular flexibility index (Phi) is 6.41. The number of benzene rings is 1. The van der Waals surface area contributed by atoms with E-state index in [1.807, 2.05) is 6.08 Å². The van der Waals surface area contributed by atoms with Crippen LogP contribution in [0.5, 0.6) is 0 Å². The number of unbranched alkanes of at least 4 members (excludes halogenated alkanes) is 3. The molecule has 1 amide bonds. The minimum Gasteiger partial charge on any atom is -0.323 e. The Morgan fingerprint density at radius 3 is 2.65 bits per heavy atom. The molecule has 0 heterocycles. The van der Waals surface area contributed by atoms with E-state index in [4.69, 9.17) is 11.6 Å². The Morgan fingerprint density at radius 1 is 1.29 bits per heavy atom. The molecule has 0 aromatic heterocycles. The molecular weight excluding hydrogens is 234 g/mol. The molecule has 0 unspecified atom stereocenters. The molecule has 1 rings (SSSR count). The van der Waals surface area contributed by atoms with Crippen LogP contribution in [0.4, 0.5) is 5.69 Å². The lowest BCUT2D eigenvalue weighted by molar-refractivity contribution is -0.111. The van der Waals surface area contributed by atoms with E-state index in [0.717, 1.165) is 18.5 Å². The lowest BCUT2D eigenvalue weighted by Crippen LogP contribution is -2.07. The second-order valence-electron chi connectivity index (χ2n) is 3.89. The van der Waals surface area contributed by atoms with Gasteiger partial charge in [0.25, 0.3) is 0 Å². The summed E-state index contributed by atoms with van der Waals surface area (Å²) in [6, 6.07) is 7.07. The van der Waals surface area contributed by atoms with Gasteiger partial charge in [-0.25, -0.2) is 0 Å². The fourth-order valence-corrected chi connectivity index (χ4v) is 1.55. The number of rotatable bonds is 6. The maximum absolute atomic E-state index is 11.5. The van der Waals surface area contributed by atoms with Crippen LogP contribution in [0.1, 0.15) is 32.6 Å². The molecule has 0 saturated carbocycles. The van der Waals surface area contributed by atoms with E-state index in [1.165, 1.54) is 12.8 Å². The van der Waals surface area contributed by atoms with Crippen molar-refractivity contribution in [1.82, 2.24) is 0 Å². The van der Waals surface area contributed by atoms with E-state index in [0.29, 0.717) is 5.02 Å². The molecule has 0 fully saturated rings. The molecule has 0 aliphatic carbocycles. The Labute approximate surface area is 108 Å². The van der Waals surface area contributed by atoms with Crippen molar-refractivity contribution < 1.29 is 4.79 Å². The van der Waals surface area contributed by atoms with Crippen molar-refractivity contribution in [3.63, 3.8) is 0 Å². The number of carbonyl (C=O) groups excluding carboxylic acids is 1. The van der Waals surface area contributed by atoms with Gasteiger partial charge in [0.2, 0.25) is 5.91 Å². The highest BCUT2D eigenvalue weighted by Gasteiger charge is 1.96. The van der Waals surface area contributed by atoms with Crippen molar-refractivity contribution in [2.24, 2.45) is 0 Å². The third kappa shape index (κ3) is 6.12. The highest BCUT2D eigenvalue weighted by Crippen LogP contribution is 2.13. The maximum atomic E-state index is 11.5. The first-order valence-electron chi connectivity index (χ1n) is 5.95. The van der Waals surface area contributed by atoms with Crippen molar-refractivity contribution >= 4 is 23.2 Å². The molecule has 0 atom stereocenters. The molecule has 1 aromatic rings. The fraction of sp³-hybridized carbons (Fsp3) is 0.357. The predicted octanol–water partition coefficient (Wildman–Crippen LogP) is 4.42. The first-order chi connectivity index (χ1) is 8.22. The third-order valence-corrected chi connectivity index (χ3v) is 2.61. The van der Waals surface area contributed by atoms with Gasteiger partial charge >= 0.3 is 0 Å². The summed E-state index contributed by atoms with van der Waals surface area (Å²) in [4.78, 5) is 11.5. The van der Waals surface area contributed by atoms with Gasteiger partial charge in [-0.15, -0.1) is 0 Å². The van der Waals surface area contributed by atoms with Gasteiger partial charge in [-0.2, -0.15) is 0 Å². The summed E-state index contributed by atoms with van der Waals surface area (Å²) in [5.74, 6) is -0.0937. The second-order valence-corrected chi connectivity index (χ2v) is 4.33. The standard InChI is InChI=1S/C14H18ClNO/c1-2-3-4-5-6-7-14(17)16-13-10-8-12(15)9-11-13/h6-11H,2-5H2,1H3,(H,16,17)/b7-6+. The summed E-state index contributed by atoms with van der Waals surface area (Å²) in [5, 5.41) is 3.44. The number of allylic oxidation sites excluding steroid dienone is 1. The zero-order valence-electron chi connectivity index (χ0n) is 10.1. The number of halogens is 1. The topological polar surface area (TPSA) is 29.1 Å². The van der Waals surface area contributed by atoms with E-state index in [2.05, 4.69) is 12.2 Å². The van der Waals surface area contributed by atoms with Crippen LogP contribution in [-0.2, 0) is 4.79 Å². The zero-order chi connectivity index (χ0) is 12.5. The summed E-state index contributed by atoms with van der Waals surface area (Å²) >= 11 is 5.75. The average Bonchev–Trinajstić information content (AvgIpc) is 2.32. The van der Waals surface area contributed by atoms with E-state index in [1.54, 1.807) is 30.3 Å². The van der Waals surface area contributed by atoms with Crippen LogP contribution >= 0.6 is 11.6 Å². The number of hydrogen-bond acceptors (Lipinski definition) is 1. The first-order valence-corrected chi connectivity index (χ1v) is 6.33. The summed E-state index contributed by atoms with van der Waals surface area (Å²) < 4.78 is 0. The summed E-state index contributed by atoms with van der Waals surface area (Å²) in [5.41, 5.74) is 0.762. The van der Waals surface area contributed by atoms with Crippen molar-refractivity contribution in [3.05, 3.63) is 41.4 Å².